The Balaban J connectivity index is 1.53. The third-order valence-electron chi connectivity index (χ3n) is 4.57. The molecule has 4 nitrogen and oxygen atoms in total. The molecular weight excluding hydrogens is 376 g/mol. The van der Waals surface area contributed by atoms with E-state index in [1.807, 2.05) is 36.4 Å². The summed E-state index contributed by atoms with van der Waals surface area (Å²) in [5, 5.41) is 0. The number of carbonyl (C=O) groups is 1. The first-order valence-electron chi connectivity index (χ1n) is 9.05. The summed E-state index contributed by atoms with van der Waals surface area (Å²) in [5.41, 5.74) is 2.59. The molecule has 6 heteroatoms. The van der Waals surface area contributed by atoms with Crippen LogP contribution in [0.2, 0.25) is 0 Å². The lowest BCUT2D eigenvalue weighted by molar-refractivity contribution is -0.131. The summed E-state index contributed by atoms with van der Waals surface area (Å²) >= 11 is 0. The molecule has 4 rings (SSSR count). The van der Waals surface area contributed by atoms with Crippen molar-refractivity contribution in [3.63, 3.8) is 0 Å². The highest BCUT2D eigenvalue weighted by molar-refractivity contribution is 5.95. The second-order valence-electron chi connectivity index (χ2n) is 6.60. The number of benzene rings is 3. The summed E-state index contributed by atoms with van der Waals surface area (Å²) in [5.74, 6) is -1.29. The van der Waals surface area contributed by atoms with E-state index >= 15 is 0 Å². The second-order valence-corrected chi connectivity index (χ2v) is 6.60. The summed E-state index contributed by atoms with van der Waals surface area (Å²) in [6.45, 7) is 1.58. The molecule has 29 heavy (non-hydrogen) atoms. The van der Waals surface area contributed by atoms with Gasteiger partial charge < -0.3 is 9.47 Å². The van der Waals surface area contributed by atoms with E-state index in [0.29, 0.717) is 5.75 Å². The molecule has 3 aromatic rings. The molecule has 1 unspecified atom stereocenters. The Morgan fingerprint density at radius 1 is 0.966 bits per heavy atom. The Hall–Kier alpha value is -3.54. The molecule has 1 aliphatic heterocycles. The molecule has 146 valence electrons. The van der Waals surface area contributed by atoms with Gasteiger partial charge in [0.05, 0.1) is 0 Å². The van der Waals surface area contributed by atoms with Crippen LogP contribution in [0, 0.1) is 11.6 Å². The highest BCUT2D eigenvalue weighted by Crippen LogP contribution is 2.29. The maximum Gasteiger partial charge on any atom is 0.308 e. The Bertz CT molecular complexity index is 1060. The zero-order chi connectivity index (χ0) is 20.4. The molecular formula is C23H17F2NO3. The number of hydrogen-bond acceptors (Lipinski definition) is 4. The minimum Gasteiger partial charge on any atom is -0.475 e. The van der Waals surface area contributed by atoms with E-state index in [0.717, 1.165) is 16.7 Å². The van der Waals surface area contributed by atoms with Crippen LogP contribution < -0.4 is 4.74 Å². The van der Waals surface area contributed by atoms with Crippen LogP contribution in [0.3, 0.4) is 0 Å². The summed E-state index contributed by atoms with van der Waals surface area (Å²) in [6.07, 6.45) is 0. The van der Waals surface area contributed by atoms with Gasteiger partial charge in [-0.25, -0.2) is 13.8 Å². The lowest BCUT2D eigenvalue weighted by Gasteiger charge is -2.08. The lowest BCUT2D eigenvalue weighted by atomic mass is 10.0. The molecule has 0 radical (unpaired) electrons. The van der Waals surface area contributed by atoms with Crippen LogP contribution in [0.1, 0.15) is 24.1 Å². The molecule has 0 saturated carbocycles. The predicted octanol–water partition coefficient (Wildman–Crippen LogP) is 5.08. The molecule has 1 heterocycles. The van der Waals surface area contributed by atoms with Crippen molar-refractivity contribution in [1.29, 1.82) is 0 Å². The third kappa shape index (κ3) is 4.01. The van der Waals surface area contributed by atoms with E-state index in [2.05, 4.69) is 4.99 Å². The first-order valence-corrected chi connectivity index (χ1v) is 9.05. The van der Waals surface area contributed by atoms with Gasteiger partial charge in [0.15, 0.2) is 0 Å². The van der Waals surface area contributed by atoms with Gasteiger partial charge in [0, 0.05) is 6.92 Å². The molecule has 0 bridgehead atoms. The number of nitrogens with zero attached hydrogens (tertiary/aromatic N) is 1. The van der Waals surface area contributed by atoms with Crippen LogP contribution in [0.4, 0.5) is 8.78 Å². The summed E-state index contributed by atoms with van der Waals surface area (Å²) in [4.78, 5) is 15.4. The van der Waals surface area contributed by atoms with Crippen molar-refractivity contribution in [3.05, 3.63) is 89.5 Å². The zero-order valence-corrected chi connectivity index (χ0v) is 15.6. The van der Waals surface area contributed by atoms with Crippen molar-refractivity contribution in [2.75, 3.05) is 6.61 Å². The van der Waals surface area contributed by atoms with Crippen LogP contribution in [0.5, 0.6) is 5.75 Å². The largest absolute Gasteiger partial charge is 0.475 e. The average Bonchev–Trinajstić information content (AvgIpc) is 3.18. The molecule has 1 aliphatic rings. The summed E-state index contributed by atoms with van der Waals surface area (Å²) in [6, 6.07) is 18.2. The standard InChI is InChI=1S/C23H17F2NO3/c1-14(27)29-18-11-9-16(10-12-18)15-5-7-17(8-6-15)21-13-28-23(26-21)22-19(24)3-2-4-20(22)25/h2-12,21H,13H2,1H3. The van der Waals surface area contributed by atoms with E-state index < -0.39 is 11.6 Å². The number of hydrogen-bond donors (Lipinski definition) is 0. The van der Waals surface area contributed by atoms with Crippen LogP contribution >= 0.6 is 0 Å². The van der Waals surface area contributed by atoms with Gasteiger partial charge in [-0.2, -0.15) is 0 Å². The van der Waals surface area contributed by atoms with Crippen molar-refractivity contribution in [3.8, 4) is 16.9 Å². The van der Waals surface area contributed by atoms with Gasteiger partial charge in [-0.05, 0) is 41.0 Å². The van der Waals surface area contributed by atoms with Gasteiger partial charge in [0.2, 0.25) is 5.90 Å². The maximum absolute atomic E-state index is 13.9. The van der Waals surface area contributed by atoms with Crippen molar-refractivity contribution in [1.82, 2.24) is 0 Å². The maximum atomic E-state index is 13.9. The fourth-order valence-electron chi connectivity index (χ4n) is 3.16. The Labute approximate surface area is 166 Å². The monoisotopic (exact) mass is 393 g/mol. The minimum absolute atomic E-state index is 0.0178. The number of carbonyl (C=O) groups excluding carboxylic acids is 1. The van der Waals surface area contributed by atoms with Crippen LogP contribution in [0.25, 0.3) is 11.1 Å². The number of esters is 1. The van der Waals surface area contributed by atoms with E-state index in [-0.39, 0.29) is 30.1 Å². The predicted molar refractivity (Wildman–Crippen MR) is 105 cm³/mol. The normalized spacial score (nSPS) is 15.6. The van der Waals surface area contributed by atoms with Gasteiger partial charge in [0.1, 0.15) is 35.6 Å². The van der Waals surface area contributed by atoms with Crippen LogP contribution in [0.15, 0.2) is 71.7 Å². The van der Waals surface area contributed by atoms with E-state index in [1.54, 1.807) is 12.1 Å². The van der Waals surface area contributed by atoms with E-state index in [9.17, 15) is 13.6 Å². The second kappa shape index (κ2) is 7.83. The van der Waals surface area contributed by atoms with Crippen molar-refractivity contribution < 1.29 is 23.0 Å². The first-order chi connectivity index (χ1) is 14.0. The first kappa shape index (κ1) is 18.8. The van der Waals surface area contributed by atoms with Crippen LogP contribution in [-0.2, 0) is 9.53 Å². The van der Waals surface area contributed by atoms with Crippen molar-refractivity contribution >= 4 is 11.9 Å². The summed E-state index contributed by atoms with van der Waals surface area (Å²) < 4.78 is 38.4. The van der Waals surface area contributed by atoms with Crippen molar-refractivity contribution in [2.45, 2.75) is 13.0 Å². The number of aliphatic imine (C=N–C) groups is 1. The molecule has 0 N–H and O–H groups in total. The van der Waals surface area contributed by atoms with Gasteiger partial charge >= 0.3 is 5.97 Å². The van der Waals surface area contributed by atoms with Gasteiger partial charge in [-0.15, -0.1) is 0 Å². The Morgan fingerprint density at radius 3 is 2.14 bits per heavy atom. The molecule has 0 fully saturated rings. The molecule has 3 aromatic carbocycles. The Kier molecular flexibility index (Phi) is 5.08. The fraction of sp³-hybridized carbons (Fsp3) is 0.130. The smallest absolute Gasteiger partial charge is 0.308 e. The van der Waals surface area contributed by atoms with Gasteiger partial charge in [-0.1, -0.05) is 42.5 Å². The highest BCUT2D eigenvalue weighted by atomic mass is 19.1. The third-order valence-corrected chi connectivity index (χ3v) is 4.57. The van der Waals surface area contributed by atoms with Crippen molar-refractivity contribution in [2.24, 2.45) is 4.99 Å². The molecule has 0 amide bonds. The number of halogens is 2. The molecule has 0 spiro atoms. The molecule has 0 aliphatic carbocycles. The van der Waals surface area contributed by atoms with Gasteiger partial charge in [-0.3, -0.25) is 4.79 Å². The minimum atomic E-state index is -0.697. The number of rotatable bonds is 4. The Morgan fingerprint density at radius 2 is 1.55 bits per heavy atom. The molecule has 1 atom stereocenters. The SMILES string of the molecule is CC(=O)Oc1ccc(-c2ccc(C3COC(c4c(F)cccc4F)=N3)cc2)cc1. The topological polar surface area (TPSA) is 47.9 Å². The molecule has 0 aromatic heterocycles. The zero-order valence-electron chi connectivity index (χ0n) is 15.6. The quantitative estimate of drug-likeness (QED) is 0.459. The summed E-state index contributed by atoms with van der Waals surface area (Å²) in [7, 11) is 0. The fourth-order valence-corrected chi connectivity index (χ4v) is 3.16. The van der Waals surface area contributed by atoms with Gasteiger partial charge in [0.25, 0.3) is 0 Å². The highest BCUT2D eigenvalue weighted by Gasteiger charge is 2.26. The average molecular weight is 393 g/mol. The van der Waals surface area contributed by atoms with E-state index in [4.69, 9.17) is 9.47 Å². The van der Waals surface area contributed by atoms with Crippen LogP contribution in [-0.4, -0.2) is 18.5 Å². The number of ether oxygens (including phenoxy) is 2. The molecule has 0 saturated heterocycles. The lowest BCUT2D eigenvalue weighted by Crippen LogP contribution is -2.07. The van der Waals surface area contributed by atoms with E-state index in [1.165, 1.54) is 25.1 Å².